The largest absolute Gasteiger partial charge is 0.351 e. The van der Waals surface area contributed by atoms with Gasteiger partial charge in [-0.05, 0) is 47.3 Å². The number of pyridine rings is 1. The lowest BCUT2D eigenvalue weighted by Crippen LogP contribution is -2.50. The van der Waals surface area contributed by atoms with Gasteiger partial charge < -0.3 is 15.5 Å². The van der Waals surface area contributed by atoms with Gasteiger partial charge in [-0.2, -0.15) is 10.1 Å². The molecule has 4 aromatic rings. The number of piperazine rings is 1. The van der Waals surface area contributed by atoms with Crippen molar-refractivity contribution in [3.05, 3.63) is 47.1 Å². The molecule has 1 aromatic carbocycles. The van der Waals surface area contributed by atoms with Gasteiger partial charge in [0.2, 0.25) is 11.9 Å². The first-order valence-electron chi connectivity index (χ1n) is 12.1. The highest BCUT2D eigenvalue weighted by Gasteiger charge is 2.43. The van der Waals surface area contributed by atoms with E-state index in [1.165, 1.54) is 6.07 Å². The first kappa shape index (κ1) is 23.2. The number of nitrogens with zero attached hydrogens (tertiary/aromatic N) is 6. The molecule has 186 valence electrons. The molecule has 1 aliphatic carbocycles. The number of rotatable bonds is 4. The molecular formula is C25H26BrFN8O. The minimum atomic E-state index is -0.422. The Labute approximate surface area is 215 Å². The highest BCUT2D eigenvalue weighted by Crippen LogP contribution is 2.40. The number of benzene rings is 1. The second-order valence-corrected chi connectivity index (χ2v) is 10.6. The third-order valence-corrected chi connectivity index (χ3v) is 7.85. The Kier molecular flexibility index (Phi) is 5.83. The van der Waals surface area contributed by atoms with Crippen molar-refractivity contribution in [2.75, 3.05) is 31.5 Å². The van der Waals surface area contributed by atoms with E-state index < -0.39 is 5.82 Å². The van der Waals surface area contributed by atoms with Crippen molar-refractivity contribution in [2.45, 2.75) is 32.2 Å². The Morgan fingerprint density at radius 2 is 2.11 bits per heavy atom. The fourth-order valence-corrected chi connectivity index (χ4v) is 5.80. The van der Waals surface area contributed by atoms with Gasteiger partial charge in [-0.1, -0.05) is 13.0 Å². The lowest BCUT2D eigenvalue weighted by molar-refractivity contribution is -0.141. The fraction of sp³-hybridized carbons (Fsp3) is 0.400. The predicted molar refractivity (Wildman–Crippen MR) is 138 cm³/mol. The average molecular weight is 553 g/mol. The van der Waals surface area contributed by atoms with E-state index in [2.05, 4.69) is 48.6 Å². The van der Waals surface area contributed by atoms with Crippen molar-refractivity contribution < 1.29 is 9.18 Å². The van der Waals surface area contributed by atoms with Gasteiger partial charge in [0.25, 0.3) is 0 Å². The molecule has 4 heterocycles. The Hall–Kier alpha value is -3.18. The summed E-state index contributed by atoms with van der Waals surface area (Å²) < 4.78 is 16.9. The lowest BCUT2D eigenvalue weighted by atomic mass is 9.86. The number of amides is 1. The standard InChI is InChI=1S/C25H26BrFN8O/c1-25(23(36)34-9-7-28-8-10-34)5-4-16(13-25)31-24-30-14-18-21(26)33-35(22(18)32-24)17-11-15-3-2-6-29-20(15)19(27)12-17/h2-3,6,11-12,14,16,28H,4-5,7-10,13H2,1H3,(H,30,31,32)/t16-,25?/m1/s1. The molecule has 2 N–H and O–H groups in total. The first-order chi connectivity index (χ1) is 17.4. The highest BCUT2D eigenvalue weighted by atomic mass is 79.9. The minimum Gasteiger partial charge on any atom is -0.351 e. The van der Waals surface area contributed by atoms with Crippen LogP contribution in [0.3, 0.4) is 0 Å². The third kappa shape index (κ3) is 4.09. The second kappa shape index (κ2) is 9.04. The third-order valence-electron chi connectivity index (χ3n) is 7.26. The summed E-state index contributed by atoms with van der Waals surface area (Å²) in [6.45, 7) is 5.28. The molecule has 1 saturated heterocycles. The predicted octanol–water partition coefficient (Wildman–Crippen LogP) is 3.67. The lowest BCUT2D eigenvalue weighted by Gasteiger charge is -2.34. The van der Waals surface area contributed by atoms with Crippen molar-refractivity contribution in [3.63, 3.8) is 0 Å². The van der Waals surface area contributed by atoms with Gasteiger partial charge in [0.1, 0.15) is 10.1 Å². The molecule has 1 amide bonds. The second-order valence-electron chi connectivity index (χ2n) is 9.82. The van der Waals surface area contributed by atoms with E-state index >= 15 is 0 Å². The van der Waals surface area contributed by atoms with Crippen LogP contribution in [-0.4, -0.2) is 67.8 Å². The molecule has 1 saturated carbocycles. The van der Waals surface area contributed by atoms with Crippen LogP contribution in [0.4, 0.5) is 10.3 Å². The van der Waals surface area contributed by atoms with Crippen LogP contribution in [0.5, 0.6) is 0 Å². The molecule has 1 unspecified atom stereocenters. The average Bonchev–Trinajstić information content (AvgIpc) is 3.44. The summed E-state index contributed by atoms with van der Waals surface area (Å²) in [5.74, 6) is 0.275. The van der Waals surface area contributed by atoms with Crippen molar-refractivity contribution in [1.29, 1.82) is 0 Å². The number of nitrogens with one attached hydrogen (secondary N) is 2. The normalized spacial score (nSPS) is 22.4. The van der Waals surface area contributed by atoms with E-state index in [-0.39, 0.29) is 17.4 Å². The molecule has 11 heteroatoms. The van der Waals surface area contributed by atoms with Crippen LogP contribution in [0, 0.1) is 11.2 Å². The van der Waals surface area contributed by atoms with Crippen molar-refractivity contribution in [2.24, 2.45) is 5.41 Å². The molecule has 0 spiro atoms. The highest BCUT2D eigenvalue weighted by molar-refractivity contribution is 9.10. The molecule has 2 fully saturated rings. The van der Waals surface area contributed by atoms with Gasteiger partial charge in [-0.25, -0.2) is 14.1 Å². The van der Waals surface area contributed by atoms with Gasteiger partial charge >= 0.3 is 0 Å². The zero-order valence-electron chi connectivity index (χ0n) is 19.8. The van der Waals surface area contributed by atoms with Gasteiger partial charge in [0, 0.05) is 61.5 Å². The van der Waals surface area contributed by atoms with Crippen molar-refractivity contribution in [1.82, 2.24) is 34.9 Å². The van der Waals surface area contributed by atoms with Crippen LogP contribution in [0.25, 0.3) is 27.6 Å². The smallest absolute Gasteiger partial charge is 0.228 e. The molecule has 2 aliphatic rings. The maximum Gasteiger partial charge on any atom is 0.228 e. The first-order valence-corrected chi connectivity index (χ1v) is 12.9. The van der Waals surface area contributed by atoms with E-state index in [1.54, 1.807) is 23.1 Å². The number of anilines is 1. The Balaban J connectivity index is 1.27. The molecule has 3 aromatic heterocycles. The molecular weight excluding hydrogens is 527 g/mol. The number of hydrogen-bond donors (Lipinski definition) is 2. The van der Waals surface area contributed by atoms with Crippen LogP contribution in [0.2, 0.25) is 0 Å². The molecule has 0 radical (unpaired) electrons. The molecule has 0 bridgehead atoms. The van der Waals surface area contributed by atoms with Gasteiger partial charge in [-0.3, -0.25) is 9.78 Å². The minimum absolute atomic E-state index is 0.0864. The number of hydrogen-bond acceptors (Lipinski definition) is 7. The summed E-state index contributed by atoms with van der Waals surface area (Å²) in [4.78, 5) is 28.5. The topological polar surface area (TPSA) is 101 Å². The van der Waals surface area contributed by atoms with Crippen molar-refractivity contribution in [3.8, 4) is 5.69 Å². The van der Waals surface area contributed by atoms with E-state index in [0.29, 0.717) is 32.8 Å². The molecule has 6 rings (SSSR count). The van der Waals surface area contributed by atoms with E-state index in [0.717, 1.165) is 50.8 Å². The van der Waals surface area contributed by atoms with Crippen molar-refractivity contribution >= 4 is 49.7 Å². The SMILES string of the molecule is CC1(C(=O)N2CCNCC2)CC[C@@H](Nc2ncc3c(Br)nn(-c4cc(F)c5ncccc5c4)c3n2)C1. The molecule has 1 aliphatic heterocycles. The van der Waals surface area contributed by atoms with Crippen LogP contribution in [-0.2, 0) is 4.79 Å². The van der Waals surface area contributed by atoms with Gasteiger partial charge in [0.15, 0.2) is 11.5 Å². The number of aromatic nitrogens is 5. The zero-order chi connectivity index (χ0) is 24.9. The monoisotopic (exact) mass is 552 g/mol. The molecule has 9 nitrogen and oxygen atoms in total. The van der Waals surface area contributed by atoms with Gasteiger partial charge in [0.05, 0.1) is 11.1 Å². The Morgan fingerprint density at radius 3 is 2.94 bits per heavy atom. The summed E-state index contributed by atoms with van der Waals surface area (Å²) in [6, 6.07) is 6.92. The maximum atomic E-state index is 14.8. The summed E-state index contributed by atoms with van der Waals surface area (Å²) in [6.07, 6.45) is 5.69. The molecule has 2 atom stereocenters. The van der Waals surface area contributed by atoms with Crippen LogP contribution in [0.1, 0.15) is 26.2 Å². The fourth-order valence-electron chi connectivity index (χ4n) is 5.36. The van der Waals surface area contributed by atoms with Crippen LogP contribution in [0.15, 0.2) is 41.3 Å². The summed E-state index contributed by atoms with van der Waals surface area (Å²) in [5.41, 5.74) is 1.03. The van der Waals surface area contributed by atoms with E-state index in [1.807, 2.05) is 17.0 Å². The number of carbonyl (C=O) groups is 1. The quantitative estimate of drug-likeness (QED) is 0.398. The Bertz CT molecular complexity index is 1470. The van der Waals surface area contributed by atoms with Crippen LogP contribution < -0.4 is 10.6 Å². The number of carbonyl (C=O) groups excluding carboxylic acids is 1. The summed E-state index contributed by atoms with van der Waals surface area (Å²) >= 11 is 3.48. The number of fused-ring (bicyclic) bond motifs is 2. The van der Waals surface area contributed by atoms with Crippen LogP contribution >= 0.6 is 15.9 Å². The summed E-state index contributed by atoms with van der Waals surface area (Å²) in [5, 5.41) is 12.7. The Morgan fingerprint density at radius 1 is 1.28 bits per heavy atom. The summed E-state index contributed by atoms with van der Waals surface area (Å²) in [7, 11) is 0. The van der Waals surface area contributed by atoms with E-state index in [9.17, 15) is 9.18 Å². The number of halogens is 2. The maximum absolute atomic E-state index is 14.8. The van der Waals surface area contributed by atoms with E-state index in [4.69, 9.17) is 4.98 Å². The van der Waals surface area contributed by atoms with Gasteiger partial charge in [-0.15, -0.1) is 0 Å². The zero-order valence-corrected chi connectivity index (χ0v) is 21.4. The molecule has 36 heavy (non-hydrogen) atoms.